The molecule has 0 fully saturated rings. The van der Waals surface area contributed by atoms with Crippen molar-refractivity contribution < 1.29 is 0 Å². The largest absolute Gasteiger partial charge is 0.398 e. The number of nitrogen functional groups attached to an aromatic ring is 1. The summed E-state index contributed by atoms with van der Waals surface area (Å²) in [6.45, 7) is 6.27. The van der Waals surface area contributed by atoms with Crippen molar-refractivity contribution in [3.05, 3.63) is 35.9 Å². The average molecular weight is 262 g/mol. The minimum atomic E-state index is 0.331. The molecule has 0 radical (unpaired) electrons. The Labute approximate surface area is 112 Å². The summed E-state index contributed by atoms with van der Waals surface area (Å²) in [5.41, 5.74) is 8.00. The van der Waals surface area contributed by atoms with Crippen molar-refractivity contribution in [2.45, 2.75) is 37.5 Å². The third kappa shape index (κ3) is 2.85. The van der Waals surface area contributed by atoms with Crippen LogP contribution in [0.15, 0.2) is 29.4 Å². The van der Waals surface area contributed by atoms with Crippen molar-refractivity contribution in [3.8, 4) is 0 Å². The molecule has 0 spiro atoms. The van der Waals surface area contributed by atoms with Gasteiger partial charge in [0.05, 0.1) is 5.75 Å². The van der Waals surface area contributed by atoms with Crippen LogP contribution in [0.3, 0.4) is 0 Å². The van der Waals surface area contributed by atoms with Crippen LogP contribution in [0.4, 0.5) is 5.69 Å². The molecular weight excluding hydrogens is 244 g/mol. The maximum atomic E-state index is 5.96. The molecule has 2 rings (SSSR count). The average Bonchev–Trinajstić information content (AvgIpc) is 2.79. The Bertz CT molecular complexity index is 534. The third-order valence-electron chi connectivity index (χ3n) is 2.66. The van der Waals surface area contributed by atoms with E-state index in [9.17, 15) is 0 Å². The normalized spacial score (nSPS) is 11.1. The minimum absolute atomic E-state index is 0.331. The van der Waals surface area contributed by atoms with Crippen LogP contribution in [0.5, 0.6) is 0 Å². The van der Waals surface area contributed by atoms with Crippen LogP contribution < -0.4 is 5.73 Å². The molecule has 2 N–H and O–H groups in total. The number of benzene rings is 1. The molecule has 96 valence electrons. The highest BCUT2D eigenvalue weighted by molar-refractivity contribution is 7.98. The molecule has 0 aliphatic heterocycles. The molecule has 2 aromatic rings. The number of aromatic nitrogens is 3. The van der Waals surface area contributed by atoms with E-state index in [0.29, 0.717) is 6.04 Å². The van der Waals surface area contributed by atoms with Gasteiger partial charge in [0, 0.05) is 16.6 Å². The standard InChI is InChI=1S/C13H18N4S/c1-9(2)17-13(15-8-16-17)7-18-12-6-10(3)4-5-11(12)14/h4-6,8-9H,7,14H2,1-3H3. The minimum Gasteiger partial charge on any atom is -0.398 e. The van der Waals surface area contributed by atoms with Crippen LogP contribution in [0.25, 0.3) is 0 Å². The van der Waals surface area contributed by atoms with Gasteiger partial charge >= 0.3 is 0 Å². The Kier molecular flexibility index (Phi) is 3.91. The molecule has 4 nitrogen and oxygen atoms in total. The maximum absolute atomic E-state index is 5.96. The van der Waals surface area contributed by atoms with Gasteiger partial charge in [-0.05, 0) is 38.5 Å². The predicted molar refractivity (Wildman–Crippen MR) is 75.6 cm³/mol. The summed E-state index contributed by atoms with van der Waals surface area (Å²) < 4.78 is 1.94. The van der Waals surface area contributed by atoms with Crippen LogP contribution >= 0.6 is 11.8 Å². The van der Waals surface area contributed by atoms with E-state index in [1.165, 1.54) is 5.56 Å². The SMILES string of the molecule is Cc1ccc(N)c(SCc2ncnn2C(C)C)c1. The number of anilines is 1. The zero-order valence-corrected chi connectivity index (χ0v) is 11.7. The molecule has 0 saturated heterocycles. The summed E-state index contributed by atoms with van der Waals surface area (Å²) in [5.74, 6) is 1.77. The van der Waals surface area contributed by atoms with Gasteiger partial charge in [-0.3, -0.25) is 0 Å². The van der Waals surface area contributed by atoms with Crippen LogP contribution in [-0.4, -0.2) is 14.8 Å². The predicted octanol–water partition coefficient (Wildman–Crippen LogP) is 3.04. The van der Waals surface area contributed by atoms with Gasteiger partial charge in [0.2, 0.25) is 0 Å². The quantitative estimate of drug-likeness (QED) is 0.679. The third-order valence-corrected chi connectivity index (χ3v) is 3.73. The van der Waals surface area contributed by atoms with Gasteiger partial charge in [-0.1, -0.05) is 6.07 Å². The van der Waals surface area contributed by atoms with Gasteiger partial charge in [-0.15, -0.1) is 11.8 Å². The zero-order chi connectivity index (χ0) is 13.1. The van der Waals surface area contributed by atoms with Crippen LogP contribution in [-0.2, 0) is 5.75 Å². The zero-order valence-electron chi connectivity index (χ0n) is 10.9. The first-order valence-corrected chi connectivity index (χ1v) is 6.94. The molecule has 0 aliphatic carbocycles. The second-order valence-electron chi connectivity index (χ2n) is 4.54. The maximum Gasteiger partial charge on any atom is 0.138 e. The summed E-state index contributed by atoms with van der Waals surface area (Å²) in [5, 5.41) is 4.23. The Morgan fingerprint density at radius 1 is 1.39 bits per heavy atom. The molecule has 0 unspecified atom stereocenters. The van der Waals surface area contributed by atoms with Crippen molar-refractivity contribution >= 4 is 17.4 Å². The molecule has 1 aromatic carbocycles. The molecule has 5 heteroatoms. The fourth-order valence-electron chi connectivity index (χ4n) is 1.72. The highest BCUT2D eigenvalue weighted by atomic mass is 32.2. The number of rotatable bonds is 4. The molecule has 0 amide bonds. The Morgan fingerprint density at radius 2 is 2.17 bits per heavy atom. The summed E-state index contributed by atoms with van der Waals surface area (Å²) in [7, 11) is 0. The highest BCUT2D eigenvalue weighted by Gasteiger charge is 2.09. The lowest BCUT2D eigenvalue weighted by Crippen LogP contribution is -2.07. The fraction of sp³-hybridized carbons (Fsp3) is 0.385. The van der Waals surface area contributed by atoms with Gasteiger partial charge in [0.25, 0.3) is 0 Å². The molecule has 1 heterocycles. The lowest BCUT2D eigenvalue weighted by molar-refractivity contribution is 0.514. The van der Waals surface area contributed by atoms with Crippen molar-refractivity contribution in [3.63, 3.8) is 0 Å². The van der Waals surface area contributed by atoms with Crippen LogP contribution in [0, 0.1) is 6.92 Å². The van der Waals surface area contributed by atoms with Gasteiger partial charge in [0.1, 0.15) is 12.2 Å². The Hall–Kier alpha value is -1.49. The van der Waals surface area contributed by atoms with Crippen molar-refractivity contribution in [1.29, 1.82) is 0 Å². The Balaban J connectivity index is 2.11. The first kappa shape index (κ1) is 13.0. The smallest absolute Gasteiger partial charge is 0.138 e. The van der Waals surface area contributed by atoms with E-state index < -0.39 is 0 Å². The van der Waals surface area contributed by atoms with Gasteiger partial charge in [-0.2, -0.15) is 5.10 Å². The molecule has 0 aliphatic rings. The molecular formula is C13H18N4S. The number of hydrogen-bond donors (Lipinski definition) is 1. The van der Waals surface area contributed by atoms with Crippen molar-refractivity contribution in [1.82, 2.24) is 14.8 Å². The van der Waals surface area contributed by atoms with Crippen LogP contribution in [0.1, 0.15) is 31.3 Å². The lowest BCUT2D eigenvalue weighted by atomic mass is 10.2. The van der Waals surface area contributed by atoms with Gasteiger partial charge in [0.15, 0.2) is 0 Å². The molecule has 18 heavy (non-hydrogen) atoms. The highest BCUT2D eigenvalue weighted by Crippen LogP contribution is 2.28. The van der Waals surface area contributed by atoms with Crippen LogP contribution in [0.2, 0.25) is 0 Å². The van der Waals surface area contributed by atoms with E-state index >= 15 is 0 Å². The second-order valence-corrected chi connectivity index (χ2v) is 5.56. The molecule has 0 atom stereocenters. The first-order valence-electron chi connectivity index (χ1n) is 5.95. The lowest BCUT2D eigenvalue weighted by Gasteiger charge is -2.10. The summed E-state index contributed by atoms with van der Waals surface area (Å²) in [6, 6.07) is 6.41. The number of nitrogens with two attached hydrogens (primary N) is 1. The van der Waals surface area contributed by atoms with E-state index in [-0.39, 0.29) is 0 Å². The van der Waals surface area contributed by atoms with Crippen molar-refractivity contribution in [2.75, 3.05) is 5.73 Å². The summed E-state index contributed by atoms with van der Waals surface area (Å²) in [6.07, 6.45) is 1.61. The fourth-order valence-corrected chi connectivity index (χ4v) is 2.71. The molecule has 0 saturated carbocycles. The number of aryl methyl sites for hydroxylation is 1. The summed E-state index contributed by atoms with van der Waals surface area (Å²) >= 11 is 1.70. The number of thioether (sulfide) groups is 1. The van der Waals surface area contributed by atoms with E-state index in [1.54, 1.807) is 18.1 Å². The van der Waals surface area contributed by atoms with E-state index in [0.717, 1.165) is 22.2 Å². The Morgan fingerprint density at radius 3 is 2.89 bits per heavy atom. The van der Waals surface area contributed by atoms with Crippen molar-refractivity contribution in [2.24, 2.45) is 0 Å². The van der Waals surface area contributed by atoms with E-state index in [2.05, 4.69) is 36.9 Å². The van der Waals surface area contributed by atoms with Gasteiger partial charge in [-0.25, -0.2) is 9.67 Å². The number of nitrogens with zero attached hydrogens (tertiary/aromatic N) is 3. The van der Waals surface area contributed by atoms with E-state index in [1.807, 2.05) is 16.8 Å². The first-order chi connectivity index (χ1) is 8.58. The number of hydrogen-bond acceptors (Lipinski definition) is 4. The van der Waals surface area contributed by atoms with E-state index in [4.69, 9.17) is 5.73 Å². The second kappa shape index (κ2) is 5.44. The topological polar surface area (TPSA) is 56.7 Å². The monoisotopic (exact) mass is 262 g/mol. The molecule has 0 bridgehead atoms. The van der Waals surface area contributed by atoms with Gasteiger partial charge < -0.3 is 5.73 Å². The summed E-state index contributed by atoms with van der Waals surface area (Å²) in [4.78, 5) is 5.40. The molecule has 1 aromatic heterocycles.